The normalized spacial score (nSPS) is 11.3. The topological polar surface area (TPSA) is 20.3 Å². The van der Waals surface area contributed by atoms with Gasteiger partial charge in [0, 0.05) is 19.7 Å². The molecule has 0 spiro atoms. The van der Waals surface area contributed by atoms with Crippen molar-refractivity contribution in [1.29, 1.82) is 0 Å². The molecule has 0 bridgehead atoms. The molecule has 0 saturated carbocycles. The number of rotatable bonds is 2. The third-order valence-electron chi connectivity index (χ3n) is 2.34. The van der Waals surface area contributed by atoms with Crippen molar-refractivity contribution in [1.82, 2.24) is 4.90 Å². The summed E-state index contributed by atoms with van der Waals surface area (Å²) in [5.74, 6) is 0.0577. The highest BCUT2D eigenvalue weighted by atomic mass is 16.2. The number of amides is 1. The van der Waals surface area contributed by atoms with E-state index in [2.05, 4.69) is 20.8 Å². The Balaban J connectivity index is 2.80. The summed E-state index contributed by atoms with van der Waals surface area (Å²) in [5.41, 5.74) is 2.32. The Bertz CT molecular complexity index is 357. The van der Waals surface area contributed by atoms with Gasteiger partial charge in [0.15, 0.2) is 0 Å². The molecule has 0 aliphatic rings. The van der Waals surface area contributed by atoms with Crippen LogP contribution in [-0.2, 0) is 6.42 Å². The van der Waals surface area contributed by atoms with E-state index in [1.165, 1.54) is 5.56 Å². The zero-order valence-corrected chi connectivity index (χ0v) is 10.9. The first-order valence-electron chi connectivity index (χ1n) is 5.60. The van der Waals surface area contributed by atoms with E-state index in [1.54, 1.807) is 19.0 Å². The van der Waals surface area contributed by atoms with Crippen molar-refractivity contribution in [2.24, 2.45) is 5.41 Å². The molecule has 0 saturated heterocycles. The van der Waals surface area contributed by atoms with Crippen LogP contribution in [0.1, 0.15) is 36.7 Å². The number of nitrogens with zero attached hydrogens (tertiary/aromatic N) is 1. The Morgan fingerprint density at radius 3 is 2.00 bits per heavy atom. The van der Waals surface area contributed by atoms with Crippen LogP contribution in [0.2, 0.25) is 0 Å². The van der Waals surface area contributed by atoms with Crippen molar-refractivity contribution in [3.8, 4) is 0 Å². The van der Waals surface area contributed by atoms with Crippen LogP contribution in [0, 0.1) is 5.41 Å². The zero-order valence-electron chi connectivity index (χ0n) is 10.9. The van der Waals surface area contributed by atoms with E-state index in [0.717, 1.165) is 12.0 Å². The van der Waals surface area contributed by atoms with Crippen LogP contribution >= 0.6 is 0 Å². The van der Waals surface area contributed by atoms with Crippen molar-refractivity contribution >= 4 is 5.91 Å². The highest BCUT2D eigenvalue weighted by Gasteiger charge is 2.12. The molecule has 2 heteroatoms. The van der Waals surface area contributed by atoms with E-state index in [9.17, 15) is 4.79 Å². The maximum absolute atomic E-state index is 11.7. The molecular formula is C14H21NO. The minimum Gasteiger partial charge on any atom is -0.345 e. The van der Waals surface area contributed by atoms with Crippen LogP contribution in [0.5, 0.6) is 0 Å². The minimum atomic E-state index is 0.0577. The molecule has 1 aromatic carbocycles. The molecule has 1 rings (SSSR count). The number of benzene rings is 1. The molecule has 1 amide bonds. The molecule has 2 nitrogen and oxygen atoms in total. The van der Waals surface area contributed by atoms with Gasteiger partial charge in [-0.3, -0.25) is 4.79 Å². The molecule has 0 atom stereocenters. The predicted octanol–water partition coefficient (Wildman–Crippen LogP) is 2.98. The Kier molecular flexibility index (Phi) is 3.74. The molecule has 88 valence electrons. The monoisotopic (exact) mass is 219 g/mol. The van der Waals surface area contributed by atoms with Crippen molar-refractivity contribution in [2.75, 3.05) is 14.1 Å². The molecule has 0 aromatic heterocycles. The lowest BCUT2D eigenvalue weighted by molar-refractivity contribution is 0.0827. The van der Waals surface area contributed by atoms with Crippen molar-refractivity contribution in [3.63, 3.8) is 0 Å². The Hall–Kier alpha value is -1.31. The summed E-state index contributed by atoms with van der Waals surface area (Å²) in [4.78, 5) is 13.3. The highest BCUT2D eigenvalue weighted by molar-refractivity contribution is 5.93. The first-order valence-corrected chi connectivity index (χ1v) is 5.60. The lowest BCUT2D eigenvalue weighted by Crippen LogP contribution is -2.21. The summed E-state index contributed by atoms with van der Waals surface area (Å²) in [6.45, 7) is 6.64. The lowest BCUT2D eigenvalue weighted by Gasteiger charge is -2.18. The summed E-state index contributed by atoms with van der Waals surface area (Å²) in [6, 6.07) is 7.90. The van der Waals surface area contributed by atoms with Crippen molar-refractivity contribution < 1.29 is 4.79 Å². The lowest BCUT2D eigenvalue weighted by atomic mass is 9.88. The van der Waals surface area contributed by atoms with Crippen molar-refractivity contribution in [3.05, 3.63) is 35.4 Å². The van der Waals surface area contributed by atoms with Gasteiger partial charge in [0.05, 0.1) is 0 Å². The van der Waals surface area contributed by atoms with Gasteiger partial charge in [-0.15, -0.1) is 0 Å². The molecular weight excluding hydrogens is 198 g/mol. The zero-order chi connectivity index (χ0) is 12.3. The van der Waals surface area contributed by atoms with Crippen LogP contribution in [0.15, 0.2) is 24.3 Å². The summed E-state index contributed by atoms with van der Waals surface area (Å²) in [7, 11) is 3.54. The fraction of sp³-hybridized carbons (Fsp3) is 0.500. The molecule has 0 aliphatic heterocycles. The van der Waals surface area contributed by atoms with E-state index in [1.807, 2.05) is 24.3 Å². The first kappa shape index (κ1) is 12.8. The Labute approximate surface area is 98.3 Å². The van der Waals surface area contributed by atoms with Crippen LogP contribution < -0.4 is 0 Å². The third kappa shape index (κ3) is 3.69. The number of carbonyl (C=O) groups excluding carboxylic acids is 1. The van der Waals surface area contributed by atoms with Crippen LogP contribution in [0.3, 0.4) is 0 Å². The summed E-state index contributed by atoms with van der Waals surface area (Å²) >= 11 is 0. The first-order chi connectivity index (χ1) is 7.29. The second-order valence-electron chi connectivity index (χ2n) is 5.63. The van der Waals surface area contributed by atoms with Crippen LogP contribution in [0.4, 0.5) is 0 Å². The van der Waals surface area contributed by atoms with Gasteiger partial charge in [-0.1, -0.05) is 32.9 Å². The molecule has 0 radical (unpaired) electrons. The van der Waals surface area contributed by atoms with E-state index in [4.69, 9.17) is 0 Å². The van der Waals surface area contributed by atoms with Gasteiger partial charge in [0.1, 0.15) is 0 Å². The third-order valence-corrected chi connectivity index (χ3v) is 2.34. The van der Waals surface area contributed by atoms with Gasteiger partial charge in [-0.05, 0) is 29.5 Å². The average Bonchev–Trinajstić information content (AvgIpc) is 2.15. The summed E-state index contributed by atoms with van der Waals surface area (Å²) in [5, 5.41) is 0. The van der Waals surface area contributed by atoms with E-state index in [-0.39, 0.29) is 11.3 Å². The van der Waals surface area contributed by atoms with E-state index in [0.29, 0.717) is 0 Å². The predicted molar refractivity (Wildman–Crippen MR) is 67.6 cm³/mol. The standard InChI is InChI=1S/C14H21NO/c1-14(2,3)10-11-6-8-12(9-7-11)13(16)15(4)5/h6-9H,10H2,1-5H3. The van der Waals surface area contributed by atoms with Crippen LogP contribution in [0.25, 0.3) is 0 Å². The smallest absolute Gasteiger partial charge is 0.253 e. The fourth-order valence-corrected chi connectivity index (χ4v) is 1.64. The van der Waals surface area contributed by atoms with Gasteiger partial charge in [-0.25, -0.2) is 0 Å². The number of hydrogen-bond donors (Lipinski definition) is 0. The van der Waals surface area contributed by atoms with Gasteiger partial charge in [-0.2, -0.15) is 0 Å². The Morgan fingerprint density at radius 2 is 1.62 bits per heavy atom. The Morgan fingerprint density at radius 1 is 1.12 bits per heavy atom. The number of hydrogen-bond acceptors (Lipinski definition) is 1. The quantitative estimate of drug-likeness (QED) is 0.749. The maximum atomic E-state index is 11.7. The minimum absolute atomic E-state index is 0.0577. The SMILES string of the molecule is CN(C)C(=O)c1ccc(CC(C)(C)C)cc1. The summed E-state index contributed by atoms with van der Waals surface area (Å²) < 4.78 is 0. The van der Waals surface area contributed by atoms with E-state index < -0.39 is 0 Å². The highest BCUT2D eigenvalue weighted by Crippen LogP contribution is 2.20. The molecule has 0 fully saturated rings. The second-order valence-corrected chi connectivity index (χ2v) is 5.63. The van der Waals surface area contributed by atoms with Gasteiger partial charge >= 0.3 is 0 Å². The van der Waals surface area contributed by atoms with Gasteiger partial charge < -0.3 is 4.90 Å². The number of carbonyl (C=O) groups is 1. The molecule has 0 unspecified atom stereocenters. The maximum Gasteiger partial charge on any atom is 0.253 e. The molecule has 0 N–H and O–H groups in total. The van der Waals surface area contributed by atoms with Gasteiger partial charge in [0.2, 0.25) is 0 Å². The summed E-state index contributed by atoms with van der Waals surface area (Å²) in [6.07, 6.45) is 1.03. The van der Waals surface area contributed by atoms with Crippen LogP contribution in [-0.4, -0.2) is 24.9 Å². The van der Waals surface area contributed by atoms with E-state index >= 15 is 0 Å². The average molecular weight is 219 g/mol. The molecule has 0 heterocycles. The van der Waals surface area contributed by atoms with Gasteiger partial charge in [0.25, 0.3) is 5.91 Å². The van der Waals surface area contributed by atoms with Crippen molar-refractivity contribution in [2.45, 2.75) is 27.2 Å². The molecule has 16 heavy (non-hydrogen) atoms. The fourth-order valence-electron chi connectivity index (χ4n) is 1.64. The molecule has 1 aromatic rings. The molecule has 0 aliphatic carbocycles. The largest absolute Gasteiger partial charge is 0.345 e. The second kappa shape index (κ2) is 4.69.